The van der Waals surface area contributed by atoms with Crippen LogP contribution in [0.15, 0.2) is 0 Å². The van der Waals surface area contributed by atoms with Gasteiger partial charge in [0, 0.05) is 25.7 Å². The van der Waals surface area contributed by atoms with E-state index in [-0.39, 0.29) is 11.9 Å². The third-order valence-electron chi connectivity index (χ3n) is 8.62. The molecule has 2 aromatic heterocycles. The van der Waals surface area contributed by atoms with Crippen molar-refractivity contribution in [2.24, 2.45) is 17.8 Å². The fourth-order valence-electron chi connectivity index (χ4n) is 6.08. The fraction of sp³-hybridized carbons (Fsp3) is 0.769. The van der Waals surface area contributed by atoms with Crippen molar-refractivity contribution < 1.29 is 9.90 Å². The molecule has 2 aliphatic carbocycles. The number of piperidine rings is 1. The molecule has 1 saturated heterocycles. The highest BCUT2D eigenvalue weighted by Crippen LogP contribution is 2.36. The summed E-state index contributed by atoms with van der Waals surface area (Å²) in [5.74, 6) is 2.39. The molecular weight excluding hydrogens is 428 g/mol. The molecule has 0 radical (unpaired) electrons. The molecule has 1 atom stereocenters. The number of hydrogen-bond acceptors (Lipinski definition) is 6. The first-order valence-electron chi connectivity index (χ1n) is 13.6. The summed E-state index contributed by atoms with van der Waals surface area (Å²) in [6.07, 6.45) is 13.7. The van der Waals surface area contributed by atoms with Gasteiger partial charge in [0.1, 0.15) is 5.52 Å². The molecule has 5 rings (SSSR count). The second-order valence-corrected chi connectivity index (χ2v) is 10.9. The average Bonchev–Trinajstić information content (AvgIpc) is 3.17. The van der Waals surface area contributed by atoms with Crippen LogP contribution in [0.3, 0.4) is 0 Å². The zero-order chi connectivity index (χ0) is 23.7. The number of carboxylic acids is 1. The number of imidazole rings is 1. The molecule has 8 heteroatoms. The van der Waals surface area contributed by atoms with Crippen LogP contribution in [0.1, 0.15) is 95.1 Å². The predicted octanol–water partition coefficient (Wildman–Crippen LogP) is 5.33. The summed E-state index contributed by atoms with van der Waals surface area (Å²) in [6, 6.07) is 0.246. The first kappa shape index (κ1) is 23.4. The summed E-state index contributed by atoms with van der Waals surface area (Å²) in [5.41, 5.74) is 1.40. The van der Waals surface area contributed by atoms with Crippen LogP contribution in [0.25, 0.3) is 11.2 Å². The molecule has 34 heavy (non-hydrogen) atoms. The fourth-order valence-corrected chi connectivity index (χ4v) is 6.08. The molecule has 3 aliphatic rings. The second-order valence-electron chi connectivity index (χ2n) is 10.9. The Kier molecular flexibility index (Phi) is 6.93. The van der Waals surface area contributed by atoms with Crippen molar-refractivity contribution in [1.82, 2.24) is 19.5 Å². The topological polar surface area (TPSA) is 96.2 Å². The minimum Gasteiger partial charge on any atom is -0.475 e. The van der Waals surface area contributed by atoms with Crippen molar-refractivity contribution in [3.63, 3.8) is 0 Å². The monoisotopic (exact) mass is 468 g/mol. The first-order chi connectivity index (χ1) is 16.5. The lowest BCUT2D eigenvalue weighted by molar-refractivity contribution is 0.0684. The Morgan fingerprint density at radius 1 is 1.00 bits per heavy atom. The maximum atomic E-state index is 11.9. The van der Waals surface area contributed by atoms with Crippen LogP contribution in [-0.4, -0.2) is 49.7 Å². The molecule has 8 nitrogen and oxygen atoms in total. The first-order valence-corrected chi connectivity index (χ1v) is 13.6. The van der Waals surface area contributed by atoms with E-state index in [1.54, 1.807) is 0 Å². The number of anilines is 2. The third-order valence-corrected chi connectivity index (χ3v) is 8.62. The van der Waals surface area contributed by atoms with E-state index in [0.717, 1.165) is 37.0 Å². The van der Waals surface area contributed by atoms with E-state index in [1.165, 1.54) is 70.6 Å². The van der Waals surface area contributed by atoms with Gasteiger partial charge < -0.3 is 19.9 Å². The normalized spacial score (nSPS) is 24.7. The number of hydrogen-bond donors (Lipinski definition) is 2. The van der Waals surface area contributed by atoms with E-state index >= 15 is 0 Å². The molecule has 3 heterocycles. The molecule has 0 amide bonds. The Morgan fingerprint density at radius 3 is 2.32 bits per heavy atom. The maximum absolute atomic E-state index is 11.9. The molecule has 0 unspecified atom stereocenters. The lowest BCUT2D eigenvalue weighted by atomic mass is 9.80. The SMILES string of the molecule is CCC1CCC(Cn2c(N3CCCCC3)nc3nc(C(=O)O)nc(N[C@H](C)C4CCC4)c32)CC1. The summed E-state index contributed by atoms with van der Waals surface area (Å²) < 4.78 is 2.33. The molecule has 186 valence electrons. The van der Waals surface area contributed by atoms with Crippen LogP contribution in [-0.2, 0) is 6.54 Å². The highest BCUT2D eigenvalue weighted by atomic mass is 16.4. The van der Waals surface area contributed by atoms with Crippen molar-refractivity contribution in [1.29, 1.82) is 0 Å². The summed E-state index contributed by atoms with van der Waals surface area (Å²) in [5, 5.41) is 13.3. The van der Waals surface area contributed by atoms with Crippen molar-refractivity contribution in [2.75, 3.05) is 23.3 Å². The largest absolute Gasteiger partial charge is 0.475 e. The quantitative estimate of drug-likeness (QED) is 0.540. The number of carbonyl (C=O) groups is 1. The molecule has 0 aromatic carbocycles. The number of carboxylic acid groups (broad SMARTS) is 1. The van der Waals surface area contributed by atoms with Crippen LogP contribution in [0.2, 0.25) is 0 Å². The molecule has 0 spiro atoms. The lowest BCUT2D eigenvalue weighted by Gasteiger charge is -2.33. The summed E-state index contributed by atoms with van der Waals surface area (Å²) in [4.78, 5) is 28.1. The zero-order valence-electron chi connectivity index (χ0n) is 20.8. The number of aromatic carboxylic acids is 1. The Hall–Kier alpha value is -2.38. The third kappa shape index (κ3) is 4.73. The molecule has 2 saturated carbocycles. The smallest absolute Gasteiger partial charge is 0.374 e. The molecule has 2 aromatic rings. The summed E-state index contributed by atoms with van der Waals surface area (Å²) >= 11 is 0. The van der Waals surface area contributed by atoms with Crippen LogP contribution in [0, 0.1) is 17.8 Å². The van der Waals surface area contributed by atoms with Gasteiger partial charge >= 0.3 is 5.97 Å². The lowest BCUT2D eigenvalue weighted by Crippen LogP contribution is -2.33. The van der Waals surface area contributed by atoms with Gasteiger partial charge in [0.15, 0.2) is 11.5 Å². The molecular formula is C26H40N6O2. The molecule has 0 bridgehead atoms. The van der Waals surface area contributed by atoms with Crippen molar-refractivity contribution in [3.8, 4) is 0 Å². The highest BCUT2D eigenvalue weighted by molar-refractivity contribution is 5.91. The number of nitrogens with one attached hydrogen (secondary N) is 1. The van der Waals surface area contributed by atoms with Gasteiger partial charge in [-0.1, -0.05) is 32.6 Å². The number of nitrogens with zero attached hydrogens (tertiary/aromatic N) is 5. The Morgan fingerprint density at radius 2 is 1.71 bits per heavy atom. The van der Waals surface area contributed by atoms with Crippen molar-refractivity contribution >= 4 is 28.9 Å². The van der Waals surface area contributed by atoms with E-state index in [4.69, 9.17) is 4.98 Å². The van der Waals surface area contributed by atoms with Crippen LogP contribution in [0.5, 0.6) is 0 Å². The number of fused-ring (bicyclic) bond motifs is 1. The zero-order valence-corrected chi connectivity index (χ0v) is 20.8. The van der Waals surface area contributed by atoms with E-state index < -0.39 is 5.97 Å². The average molecular weight is 469 g/mol. The van der Waals surface area contributed by atoms with E-state index in [9.17, 15) is 9.90 Å². The highest BCUT2D eigenvalue weighted by Gasteiger charge is 2.30. The molecule has 2 N–H and O–H groups in total. The van der Waals surface area contributed by atoms with Gasteiger partial charge in [0.25, 0.3) is 0 Å². The van der Waals surface area contributed by atoms with Crippen molar-refractivity contribution in [3.05, 3.63) is 5.82 Å². The minimum absolute atomic E-state index is 0.172. The van der Waals surface area contributed by atoms with Crippen LogP contribution >= 0.6 is 0 Å². The van der Waals surface area contributed by atoms with E-state index in [1.807, 2.05) is 0 Å². The summed E-state index contributed by atoms with van der Waals surface area (Å²) in [6.45, 7) is 7.39. The molecule has 1 aliphatic heterocycles. The Balaban J connectivity index is 1.55. The second kappa shape index (κ2) is 10.1. The minimum atomic E-state index is -1.10. The van der Waals surface area contributed by atoms with Gasteiger partial charge in [-0.3, -0.25) is 0 Å². The van der Waals surface area contributed by atoms with Crippen LogP contribution < -0.4 is 10.2 Å². The standard InChI is InChI=1S/C26H40N6O2/c1-3-18-10-12-19(13-11-18)16-32-21-22(27-17(2)20-8-7-9-20)28-24(25(33)34)29-23(21)30-26(32)31-14-5-4-6-15-31/h17-20H,3-16H2,1-2H3,(H,33,34)(H,27,28,29)/t17-,18?,19?/m1/s1. The van der Waals surface area contributed by atoms with Gasteiger partial charge in [0.05, 0.1) is 0 Å². The van der Waals surface area contributed by atoms with Crippen LogP contribution in [0.4, 0.5) is 11.8 Å². The van der Waals surface area contributed by atoms with E-state index in [2.05, 4.69) is 38.6 Å². The van der Waals surface area contributed by atoms with Gasteiger partial charge in [-0.25, -0.2) is 14.8 Å². The Labute approximate surface area is 202 Å². The van der Waals surface area contributed by atoms with Gasteiger partial charge in [0.2, 0.25) is 11.8 Å². The van der Waals surface area contributed by atoms with Gasteiger partial charge in [-0.15, -0.1) is 0 Å². The predicted molar refractivity (Wildman–Crippen MR) is 135 cm³/mol. The maximum Gasteiger partial charge on any atom is 0.374 e. The van der Waals surface area contributed by atoms with Crippen molar-refractivity contribution in [2.45, 2.75) is 97.1 Å². The van der Waals surface area contributed by atoms with E-state index in [0.29, 0.717) is 23.3 Å². The van der Waals surface area contributed by atoms with Gasteiger partial charge in [-0.2, -0.15) is 4.98 Å². The Bertz CT molecular complexity index is 1000. The molecule has 3 fully saturated rings. The number of rotatable bonds is 8. The number of aromatic nitrogens is 4. The van der Waals surface area contributed by atoms with Gasteiger partial charge in [-0.05, 0) is 69.6 Å². The summed E-state index contributed by atoms with van der Waals surface area (Å²) in [7, 11) is 0.